The van der Waals surface area contributed by atoms with Crippen molar-refractivity contribution in [3.05, 3.63) is 0 Å². The fourth-order valence-corrected chi connectivity index (χ4v) is 2.36. The molecule has 0 aliphatic carbocycles. The van der Waals surface area contributed by atoms with Gasteiger partial charge in [-0.05, 0) is 20.8 Å². The van der Waals surface area contributed by atoms with Gasteiger partial charge in [-0.3, -0.25) is 4.79 Å². The summed E-state index contributed by atoms with van der Waals surface area (Å²) >= 11 is 0. The van der Waals surface area contributed by atoms with Crippen LogP contribution >= 0.6 is 0 Å². The number of ketones is 1. The summed E-state index contributed by atoms with van der Waals surface area (Å²) in [5.41, 5.74) is -1.35. The van der Waals surface area contributed by atoms with E-state index in [0.717, 1.165) is 0 Å². The van der Waals surface area contributed by atoms with Gasteiger partial charge in [-0.25, -0.2) is 4.79 Å². The molecule has 0 radical (unpaired) electrons. The van der Waals surface area contributed by atoms with Gasteiger partial charge in [-0.1, -0.05) is 0 Å². The number of nitrogens with one attached hydrogen (secondary N) is 1. The van der Waals surface area contributed by atoms with Crippen molar-refractivity contribution >= 4 is 11.9 Å². The summed E-state index contributed by atoms with van der Waals surface area (Å²) in [5, 5.41) is 2.58. The first kappa shape index (κ1) is 14.3. The second-order valence-corrected chi connectivity index (χ2v) is 5.98. The second-order valence-electron chi connectivity index (χ2n) is 5.98. The normalized spacial score (nSPS) is 26.5. The lowest BCUT2D eigenvalue weighted by Crippen LogP contribution is -2.49. The Morgan fingerprint density at radius 2 is 2.00 bits per heavy atom. The van der Waals surface area contributed by atoms with Crippen molar-refractivity contribution in [3.8, 4) is 0 Å². The molecule has 2 rings (SSSR count). The number of carbonyl (C=O) groups excluding carboxylic acids is 2. The van der Waals surface area contributed by atoms with E-state index < -0.39 is 23.3 Å². The monoisotopic (exact) mass is 271 g/mol. The average Bonchev–Trinajstić information content (AvgIpc) is 2.57. The van der Waals surface area contributed by atoms with Gasteiger partial charge < -0.3 is 19.5 Å². The first-order valence-electron chi connectivity index (χ1n) is 6.58. The Bertz CT molecular complexity index is 368. The second kappa shape index (κ2) is 5.09. The highest BCUT2D eigenvalue weighted by Crippen LogP contribution is 2.32. The fraction of sp³-hybridized carbons (Fsp3) is 0.846. The SMILES string of the molecule is CC(C)(C)OC(=O)NC1COC2(CCOCC2)C1=O. The van der Waals surface area contributed by atoms with E-state index in [-0.39, 0.29) is 12.4 Å². The third-order valence-corrected chi connectivity index (χ3v) is 3.28. The molecule has 2 aliphatic heterocycles. The largest absolute Gasteiger partial charge is 0.444 e. The number of carbonyl (C=O) groups is 2. The molecule has 2 aliphatic rings. The lowest BCUT2D eigenvalue weighted by Gasteiger charge is -2.30. The number of rotatable bonds is 1. The van der Waals surface area contributed by atoms with E-state index in [1.807, 2.05) is 0 Å². The Balaban J connectivity index is 1.93. The highest BCUT2D eigenvalue weighted by Gasteiger charge is 2.50. The third kappa shape index (κ3) is 3.25. The van der Waals surface area contributed by atoms with Gasteiger partial charge in [0.1, 0.15) is 17.2 Å². The summed E-state index contributed by atoms with van der Waals surface area (Å²) in [6.45, 7) is 6.58. The minimum Gasteiger partial charge on any atom is -0.444 e. The number of hydrogen-bond acceptors (Lipinski definition) is 5. The molecule has 0 aromatic carbocycles. The topological polar surface area (TPSA) is 73.9 Å². The molecular formula is C13H21NO5. The molecule has 6 heteroatoms. The maximum Gasteiger partial charge on any atom is 0.408 e. The number of ether oxygens (including phenoxy) is 3. The molecule has 0 aromatic rings. The Morgan fingerprint density at radius 3 is 2.58 bits per heavy atom. The summed E-state index contributed by atoms with van der Waals surface area (Å²) in [5.74, 6) is -0.0679. The fourth-order valence-electron chi connectivity index (χ4n) is 2.36. The molecule has 0 saturated carbocycles. The summed E-state index contributed by atoms with van der Waals surface area (Å²) in [6.07, 6.45) is 0.523. The standard InChI is InChI=1S/C13H21NO5/c1-12(2,3)19-11(16)14-9-8-18-13(10(9)15)4-6-17-7-5-13/h9H,4-8H2,1-3H3,(H,14,16). The Kier molecular flexibility index (Phi) is 3.82. The van der Waals surface area contributed by atoms with Crippen LogP contribution in [-0.4, -0.2) is 48.9 Å². The van der Waals surface area contributed by atoms with E-state index in [2.05, 4.69) is 5.32 Å². The molecule has 108 valence electrons. The summed E-state index contributed by atoms with van der Waals surface area (Å²) < 4.78 is 16.0. The van der Waals surface area contributed by atoms with Gasteiger partial charge in [-0.2, -0.15) is 0 Å². The van der Waals surface area contributed by atoms with E-state index in [4.69, 9.17) is 14.2 Å². The van der Waals surface area contributed by atoms with E-state index >= 15 is 0 Å². The Morgan fingerprint density at radius 1 is 1.37 bits per heavy atom. The molecule has 0 bridgehead atoms. The number of alkyl carbamates (subject to hydrolysis) is 1. The maximum absolute atomic E-state index is 12.3. The first-order valence-corrected chi connectivity index (χ1v) is 6.58. The maximum atomic E-state index is 12.3. The van der Waals surface area contributed by atoms with Gasteiger partial charge in [0.05, 0.1) is 6.61 Å². The number of amides is 1. The highest BCUT2D eigenvalue weighted by atomic mass is 16.6. The van der Waals surface area contributed by atoms with Crippen molar-refractivity contribution in [1.29, 1.82) is 0 Å². The van der Waals surface area contributed by atoms with Gasteiger partial charge in [0, 0.05) is 26.1 Å². The van der Waals surface area contributed by atoms with Crippen LogP contribution in [0.2, 0.25) is 0 Å². The minimum atomic E-state index is -0.766. The minimum absolute atomic E-state index is 0.0679. The zero-order chi connectivity index (χ0) is 14.1. The van der Waals surface area contributed by atoms with Crippen molar-refractivity contribution < 1.29 is 23.8 Å². The van der Waals surface area contributed by atoms with Crippen LogP contribution in [0.15, 0.2) is 0 Å². The van der Waals surface area contributed by atoms with E-state index in [0.29, 0.717) is 26.1 Å². The lowest BCUT2D eigenvalue weighted by molar-refractivity contribution is -0.142. The van der Waals surface area contributed by atoms with Crippen LogP contribution < -0.4 is 5.32 Å². The number of Topliss-reactive ketones (excluding diaryl/α,β-unsaturated/α-hetero) is 1. The van der Waals surface area contributed by atoms with Crippen molar-refractivity contribution in [3.63, 3.8) is 0 Å². The molecule has 6 nitrogen and oxygen atoms in total. The highest BCUT2D eigenvalue weighted by molar-refractivity contribution is 5.96. The third-order valence-electron chi connectivity index (χ3n) is 3.28. The molecule has 2 fully saturated rings. The summed E-state index contributed by atoms with van der Waals surface area (Å²) in [6, 6.07) is -0.618. The van der Waals surface area contributed by atoms with Crippen molar-refractivity contribution in [2.45, 2.75) is 50.9 Å². The van der Waals surface area contributed by atoms with Crippen LogP contribution in [-0.2, 0) is 19.0 Å². The van der Waals surface area contributed by atoms with Crippen molar-refractivity contribution in [1.82, 2.24) is 5.32 Å². The van der Waals surface area contributed by atoms with Crippen LogP contribution in [0, 0.1) is 0 Å². The molecular weight excluding hydrogens is 250 g/mol. The first-order chi connectivity index (χ1) is 8.82. The Labute approximate surface area is 112 Å². The van der Waals surface area contributed by atoms with Crippen molar-refractivity contribution in [2.24, 2.45) is 0 Å². The molecule has 1 amide bonds. The van der Waals surface area contributed by atoms with E-state index in [9.17, 15) is 9.59 Å². The quantitative estimate of drug-likeness (QED) is 0.771. The molecule has 1 unspecified atom stereocenters. The zero-order valence-electron chi connectivity index (χ0n) is 11.7. The average molecular weight is 271 g/mol. The molecule has 19 heavy (non-hydrogen) atoms. The van der Waals surface area contributed by atoms with Crippen LogP contribution in [0.4, 0.5) is 4.79 Å². The van der Waals surface area contributed by atoms with Crippen LogP contribution in [0.1, 0.15) is 33.6 Å². The predicted molar refractivity (Wildman–Crippen MR) is 66.9 cm³/mol. The van der Waals surface area contributed by atoms with Gasteiger partial charge in [0.15, 0.2) is 5.78 Å². The smallest absolute Gasteiger partial charge is 0.408 e. The predicted octanol–water partition coefficient (Wildman–Crippen LogP) is 1.03. The molecule has 2 saturated heterocycles. The van der Waals surface area contributed by atoms with E-state index in [1.165, 1.54) is 0 Å². The summed E-state index contributed by atoms with van der Waals surface area (Å²) in [4.78, 5) is 24.0. The molecule has 1 spiro atoms. The van der Waals surface area contributed by atoms with Gasteiger partial charge in [0.25, 0.3) is 0 Å². The lowest BCUT2D eigenvalue weighted by atomic mass is 9.88. The Hall–Kier alpha value is -1.14. The molecule has 1 N–H and O–H groups in total. The molecule has 1 atom stereocenters. The van der Waals surface area contributed by atoms with E-state index in [1.54, 1.807) is 20.8 Å². The number of hydrogen-bond donors (Lipinski definition) is 1. The van der Waals surface area contributed by atoms with Crippen LogP contribution in [0.5, 0.6) is 0 Å². The van der Waals surface area contributed by atoms with Gasteiger partial charge in [-0.15, -0.1) is 0 Å². The van der Waals surface area contributed by atoms with Crippen LogP contribution in [0.25, 0.3) is 0 Å². The summed E-state index contributed by atoms with van der Waals surface area (Å²) in [7, 11) is 0. The molecule has 0 aromatic heterocycles. The van der Waals surface area contributed by atoms with Gasteiger partial charge in [0.2, 0.25) is 0 Å². The van der Waals surface area contributed by atoms with Crippen LogP contribution in [0.3, 0.4) is 0 Å². The zero-order valence-corrected chi connectivity index (χ0v) is 11.7. The van der Waals surface area contributed by atoms with Crippen molar-refractivity contribution in [2.75, 3.05) is 19.8 Å². The van der Waals surface area contributed by atoms with Gasteiger partial charge >= 0.3 is 6.09 Å². The molecule has 2 heterocycles.